The van der Waals surface area contributed by atoms with E-state index < -0.39 is 11.9 Å². The van der Waals surface area contributed by atoms with E-state index in [2.05, 4.69) is 10.3 Å². The Hall–Kier alpha value is -2.11. The van der Waals surface area contributed by atoms with Crippen molar-refractivity contribution >= 4 is 17.7 Å². The SMILES string of the molecule is NC(=O)c1ccc(NC(CC(=O)O)C2CC2)nc1. The second kappa shape index (κ2) is 5.03. The van der Waals surface area contributed by atoms with E-state index in [0.717, 1.165) is 12.8 Å². The van der Waals surface area contributed by atoms with Gasteiger partial charge in [0.2, 0.25) is 5.91 Å². The first kappa shape index (κ1) is 12.3. The average Bonchev–Trinajstić information content (AvgIpc) is 3.12. The van der Waals surface area contributed by atoms with Crippen LogP contribution in [0.15, 0.2) is 18.3 Å². The molecule has 1 fully saturated rings. The predicted octanol–water partition coefficient (Wildman–Crippen LogP) is 0.846. The van der Waals surface area contributed by atoms with Crippen LogP contribution in [-0.2, 0) is 4.79 Å². The number of rotatable bonds is 6. The fourth-order valence-corrected chi connectivity index (χ4v) is 1.84. The van der Waals surface area contributed by atoms with E-state index in [1.165, 1.54) is 6.20 Å². The number of aliphatic carboxylic acids is 1. The number of amides is 1. The van der Waals surface area contributed by atoms with Gasteiger partial charge in [0.05, 0.1) is 12.0 Å². The summed E-state index contributed by atoms with van der Waals surface area (Å²) in [5, 5.41) is 11.9. The van der Waals surface area contributed by atoms with Gasteiger partial charge < -0.3 is 16.2 Å². The van der Waals surface area contributed by atoms with Crippen molar-refractivity contribution in [3.05, 3.63) is 23.9 Å². The molecule has 1 aliphatic rings. The monoisotopic (exact) mass is 249 g/mol. The van der Waals surface area contributed by atoms with Crippen molar-refractivity contribution in [2.24, 2.45) is 11.7 Å². The fourth-order valence-electron chi connectivity index (χ4n) is 1.84. The van der Waals surface area contributed by atoms with Gasteiger partial charge in [-0.05, 0) is 30.9 Å². The normalized spacial score (nSPS) is 16.0. The van der Waals surface area contributed by atoms with E-state index in [1.54, 1.807) is 12.1 Å². The Morgan fingerprint density at radius 1 is 1.50 bits per heavy atom. The van der Waals surface area contributed by atoms with Gasteiger partial charge in [-0.15, -0.1) is 0 Å². The highest BCUT2D eigenvalue weighted by molar-refractivity contribution is 5.92. The molecule has 1 aromatic heterocycles. The molecule has 1 saturated carbocycles. The smallest absolute Gasteiger partial charge is 0.305 e. The van der Waals surface area contributed by atoms with Gasteiger partial charge >= 0.3 is 5.97 Å². The molecule has 0 aliphatic heterocycles. The number of hydrogen-bond donors (Lipinski definition) is 3. The summed E-state index contributed by atoms with van der Waals surface area (Å²) in [6, 6.07) is 3.11. The fraction of sp³-hybridized carbons (Fsp3) is 0.417. The third-order valence-electron chi connectivity index (χ3n) is 2.97. The molecule has 0 bridgehead atoms. The third-order valence-corrected chi connectivity index (χ3v) is 2.97. The van der Waals surface area contributed by atoms with Crippen LogP contribution >= 0.6 is 0 Å². The highest BCUT2D eigenvalue weighted by Gasteiger charge is 2.32. The molecule has 1 aromatic rings. The molecule has 0 saturated heterocycles. The quantitative estimate of drug-likeness (QED) is 0.693. The van der Waals surface area contributed by atoms with Crippen molar-refractivity contribution in [2.75, 3.05) is 5.32 Å². The van der Waals surface area contributed by atoms with Crippen molar-refractivity contribution < 1.29 is 14.7 Å². The van der Waals surface area contributed by atoms with Gasteiger partial charge in [0.15, 0.2) is 0 Å². The molecular weight excluding hydrogens is 234 g/mol. The molecule has 18 heavy (non-hydrogen) atoms. The predicted molar refractivity (Wildman–Crippen MR) is 65.1 cm³/mol. The maximum atomic E-state index is 10.9. The minimum atomic E-state index is -0.826. The van der Waals surface area contributed by atoms with Crippen molar-refractivity contribution in [1.29, 1.82) is 0 Å². The number of hydrogen-bond acceptors (Lipinski definition) is 4. The zero-order valence-corrected chi connectivity index (χ0v) is 9.80. The van der Waals surface area contributed by atoms with Crippen LogP contribution in [0.2, 0.25) is 0 Å². The first-order valence-corrected chi connectivity index (χ1v) is 5.80. The second-order valence-electron chi connectivity index (χ2n) is 4.48. The molecular formula is C12H15N3O3. The van der Waals surface area contributed by atoms with Gasteiger partial charge in [-0.1, -0.05) is 0 Å². The Balaban J connectivity index is 2.02. The lowest BCUT2D eigenvalue weighted by Gasteiger charge is -2.16. The largest absolute Gasteiger partial charge is 0.481 e. The molecule has 2 rings (SSSR count). The Labute approximate surface area is 104 Å². The van der Waals surface area contributed by atoms with Gasteiger partial charge in [0, 0.05) is 12.2 Å². The second-order valence-corrected chi connectivity index (χ2v) is 4.48. The number of primary amides is 1. The average molecular weight is 249 g/mol. The number of nitrogens with one attached hydrogen (secondary N) is 1. The molecule has 4 N–H and O–H groups in total. The van der Waals surface area contributed by atoms with Gasteiger partial charge in [-0.2, -0.15) is 0 Å². The summed E-state index contributed by atoms with van der Waals surface area (Å²) < 4.78 is 0. The number of carboxylic acid groups (broad SMARTS) is 1. The van der Waals surface area contributed by atoms with E-state index in [-0.39, 0.29) is 12.5 Å². The molecule has 1 amide bonds. The van der Waals surface area contributed by atoms with Gasteiger partial charge in [0.25, 0.3) is 0 Å². The zero-order valence-electron chi connectivity index (χ0n) is 9.80. The molecule has 1 aliphatic carbocycles. The highest BCUT2D eigenvalue weighted by Crippen LogP contribution is 2.35. The number of pyridine rings is 1. The van der Waals surface area contributed by atoms with E-state index in [0.29, 0.717) is 17.3 Å². The van der Waals surface area contributed by atoms with Crippen molar-refractivity contribution in [3.63, 3.8) is 0 Å². The first-order chi connectivity index (χ1) is 8.56. The maximum absolute atomic E-state index is 10.9. The summed E-state index contributed by atoms with van der Waals surface area (Å²) in [4.78, 5) is 25.7. The molecule has 0 radical (unpaired) electrons. The summed E-state index contributed by atoms with van der Waals surface area (Å²) in [5.74, 6) is -0.386. The molecule has 0 spiro atoms. The number of nitrogens with zero attached hydrogens (tertiary/aromatic N) is 1. The van der Waals surface area contributed by atoms with Crippen LogP contribution in [-0.4, -0.2) is 28.0 Å². The van der Waals surface area contributed by atoms with E-state index in [9.17, 15) is 9.59 Å². The van der Waals surface area contributed by atoms with Crippen LogP contribution in [0.1, 0.15) is 29.6 Å². The lowest BCUT2D eigenvalue weighted by atomic mass is 10.1. The van der Waals surface area contributed by atoms with E-state index >= 15 is 0 Å². The Bertz CT molecular complexity index is 454. The summed E-state index contributed by atoms with van der Waals surface area (Å²) >= 11 is 0. The maximum Gasteiger partial charge on any atom is 0.305 e. The van der Waals surface area contributed by atoms with E-state index in [4.69, 9.17) is 10.8 Å². The topological polar surface area (TPSA) is 105 Å². The summed E-state index contributed by atoms with van der Waals surface area (Å²) in [6.45, 7) is 0. The lowest BCUT2D eigenvalue weighted by Crippen LogP contribution is -2.25. The van der Waals surface area contributed by atoms with Crippen LogP contribution in [0.4, 0.5) is 5.82 Å². The van der Waals surface area contributed by atoms with Gasteiger partial charge in [-0.25, -0.2) is 4.98 Å². The standard InChI is InChI=1S/C12H15N3O3/c13-12(18)8-3-4-10(14-6-8)15-9(5-11(16)17)7-1-2-7/h3-4,6-7,9H,1-2,5H2,(H2,13,18)(H,14,15)(H,16,17). The molecule has 1 atom stereocenters. The Morgan fingerprint density at radius 3 is 2.67 bits per heavy atom. The summed E-state index contributed by atoms with van der Waals surface area (Å²) in [6.07, 6.45) is 3.55. The number of aromatic nitrogens is 1. The zero-order chi connectivity index (χ0) is 13.1. The molecule has 6 nitrogen and oxygen atoms in total. The number of carbonyl (C=O) groups excluding carboxylic acids is 1. The minimum Gasteiger partial charge on any atom is -0.481 e. The van der Waals surface area contributed by atoms with Crippen LogP contribution in [0.3, 0.4) is 0 Å². The molecule has 6 heteroatoms. The number of anilines is 1. The molecule has 0 aromatic carbocycles. The Kier molecular flexibility index (Phi) is 3.45. The van der Waals surface area contributed by atoms with Crippen LogP contribution < -0.4 is 11.1 Å². The van der Waals surface area contributed by atoms with Crippen LogP contribution in [0, 0.1) is 5.92 Å². The van der Waals surface area contributed by atoms with Gasteiger partial charge in [-0.3, -0.25) is 9.59 Å². The summed E-state index contributed by atoms with van der Waals surface area (Å²) in [7, 11) is 0. The molecule has 1 heterocycles. The van der Waals surface area contributed by atoms with Crippen LogP contribution in [0.25, 0.3) is 0 Å². The van der Waals surface area contributed by atoms with Crippen molar-refractivity contribution in [2.45, 2.75) is 25.3 Å². The molecule has 96 valence electrons. The lowest BCUT2D eigenvalue weighted by molar-refractivity contribution is -0.137. The Morgan fingerprint density at radius 2 is 2.22 bits per heavy atom. The van der Waals surface area contributed by atoms with E-state index in [1.807, 2.05) is 0 Å². The van der Waals surface area contributed by atoms with Crippen molar-refractivity contribution in [3.8, 4) is 0 Å². The highest BCUT2D eigenvalue weighted by atomic mass is 16.4. The third kappa shape index (κ3) is 3.19. The number of carboxylic acids is 1. The van der Waals surface area contributed by atoms with Crippen molar-refractivity contribution in [1.82, 2.24) is 4.98 Å². The number of carbonyl (C=O) groups is 2. The van der Waals surface area contributed by atoms with Crippen LogP contribution in [0.5, 0.6) is 0 Å². The number of nitrogens with two attached hydrogens (primary N) is 1. The van der Waals surface area contributed by atoms with Gasteiger partial charge in [0.1, 0.15) is 5.82 Å². The summed E-state index contributed by atoms with van der Waals surface area (Å²) in [5.41, 5.74) is 5.45. The minimum absolute atomic E-state index is 0.0733. The molecule has 1 unspecified atom stereocenters. The first-order valence-electron chi connectivity index (χ1n) is 5.80.